The summed E-state index contributed by atoms with van der Waals surface area (Å²) in [6.07, 6.45) is -0.351. The van der Waals surface area contributed by atoms with Crippen molar-refractivity contribution in [1.29, 1.82) is 0 Å². The molecule has 2 fully saturated rings. The van der Waals surface area contributed by atoms with Crippen molar-refractivity contribution in [2.24, 2.45) is 5.92 Å². The van der Waals surface area contributed by atoms with Gasteiger partial charge in [0.05, 0.1) is 18.6 Å². The monoisotopic (exact) mass is 371 g/mol. The van der Waals surface area contributed by atoms with Crippen LogP contribution in [0.2, 0.25) is 0 Å². The second-order valence-electron chi connectivity index (χ2n) is 6.51. The number of ether oxygens (including phenoxy) is 2. The van der Waals surface area contributed by atoms with E-state index in [2.05, 4.69) is 0 Å². The van der Waals surface area contributed by atoms with Gasteiger partial charge >= 0.3 is 11.9 Å². The van der Waals surface area contributed by atoms with Crippen molar-refractivity contribution in [1.82, 2.24) is 4.90 Å². The van der Waals surface area contributed by atoms with Crippen molar-refractivity contribution in [3.05, 3.63) is 10.6 Å². The lowest BCUT2D eigenvalue weighted by molar-refractivity contribution is -0.167. The van der Waals surface area contributed by atoms with Gasteiger partial charge in [-0.1, -0.05) is 11.8 Å². The lowest BCUT2D eigenvalue weighted by Crippen LogP contribution is -2.61. The number of fused-ring (bicyclic) bond motifs is 1. The van der Waals surface area contributed by atoms with Crippen LogP contribution in [-0.4, -0.2) is 63.3 Å². The van der Waals surface area contributed by atoms with Crippen molar-refractivity contribution in [2.75, 3.05) is 6.61 Å². The number of hydrogen-bond acceptors (Lipinski definition) is 7. The maximum Gasteiger partial charge on any atom is 0.353 e. The van der Waals surface area contributed by atoms with Gasteiger partial charge < -0.3 is 19.7 Å². The van der Waals surface area contributed by atoms with Crippen LogP contribution in [0, 0.1) is 5.92 Å². The van der Waals surface area contributed by atoms with E-state index in [0.29, 0.717) is 11.5 Å². The average Bonchev–Trinajstić information content (AvgIpc) is 3.10. The van der Waals surface area contributed by atoms with E-state index in [1.165, 1.54) is 23.6 Å². The molecule has 25 heavy (non-hydrogen) atoms. The number of esters is 1. The zero-order chi connectivity index (χ0) is 18.3. The molecule has 1 unspecified atom stereocenters. The molecular formula is C16H21NO7S. The van der Waals surface area contributed by atoms with Gasteiger partial charge in [0.2, 0.25) is 5.91 Å². The van der Waals surface area contributed by atoms with Gasteiger partial charge in [0.25, 0.3) is 0 Å². The summed E-state index contributed by atoms with van der Waals surface area (Å²) in [5.74, 6) is -2.69. The first-order chi connectivity index (χ1) is 11.8. The summed E-state index contributed by atoms with van der Waals surface area (Å²) in [4.78, 5) is 37.7. The Hall–Kier alpha value is -1.58. The molecule has 9 heteroatoms. The number of amides is 1. The van der Waals surface area contributed by atoms with E-state index in [1.54, 1.807) is 6.92 Å². The predicted octanol–water partition coefficient (Wildman–Crippen LogP) is 0.696. The summed E-state index contributed by atoms with van der Waals surface area (Å²) in [7, 11) is 0. The van der Waals surface area contributed by atoms with Crippen LogP contribution in [0.4, 0.5) is 0 Å². The van der Waals surface area contributed by atoms with E-state index in [-0.39, 0.29) is 24.1 Å². The van der Waals surface area contributed by atoms with E-state index in [0.717, 1.165) is 12.8 Å². The Balaban J connectivity index is 1.72. The van der Waals surface area contributed by atoms with Gasteiger partial charge in [0, 0.05) is 11.5 Å². The van der Waals surface area contributed by atoms with E-state index >= 15 is 0 Å². The molecule has 3 rings (SSSR count). The second-order valence-corrected chi connectivity index (χ2v) is 7.67. The zero-order valence-electron chi connectivity index (χ0n) is 14.0. The Morgan fingerprint density at radius 3 is 2.72 bits per heavy atom. The molecule has 3 aliphatic rings. The lowest BCUT2D eigenvalue weighted by Gasteiger charge is -2.44. The molecule has 2 N–H and O–H groups in total. The summed E-state index contributed by atoms with van der Waals surface area (Å²) < 4.78 is 10.8. The fourth-order valence-electron chi connectivity index (χ4n) is 3.38. The molecule has 0 aliphatic carbocycles. The first-order valence-electron chi connectivity index (χ1n) is 8.27. The number of rotatable bonds is 6. The Morgan fingerprint density at radius 2 is 2.16 bits per heavy atom. The van der Waals surface area contributed by atoms with E-state index in [1.807, 2.05) is 0 Å². The average molecular weight is 371 g/mol. The molecule has 2 saturated heterocycles. The number of aliphatic hydroxyl groups excluding tert-OH is 1. The predicted molar refractivity (Wildman–Crippen MR) is 87.2 cm³/mol. The van der Waals surface area contributed by atoms with Crippen LogP contribution in [0.5, 0.6) is 0 Å². The molecular weight excluding hydrogens is 350 g/mol. The standard InChI is InChI=1S/C16H21NO7S/c1-7(18)6-10(19)24-8(2)11-14(20)17-12(16(21)22)13(25-15(11)17)9-4-3-5-23-9/h7-9,11,15,18H,3-6H2,1-2H3,(H,21,22)/t7?,8-,9-,11+,15-/m1/s1. The first-order valence-corrected chi connectivity index (χ1v) is 9.15. The van der Waals surface area contributed by atoms with Gasteiger partial charge in [-0.05, 0) is 26.7 Å². The van der Waals surface area contributed by atoms with Gasteiger partial charge in [-0.2, -0.15) is 0 Å². The minimum atomic E-state index is -1.15. The molecule has 0 aromatic carbocycles. The Bertz CT molecular complexity index is 626. The topological polar surface area (TPSA) is 113 Å². The highest BCUT2D eigenvalue weighted by Gasteiger charge is 2.59. The summed E-state index contributed by atoms with van der Waals surface area (Å²) >= 11 is 1.31. The number of aliphatic hydroxyl groups is 1. The number of thioether (sulfide) groups is 1. The van der Waals surface area contributed by atoms with E-state index in [9.17, 15) is 24.6 Å². The number of aliphatic carboxylic acids is 1. The first kappa shape index (κ1) is 18.2. The van der Waals surface area contributed by atoms with Crippen LogP contribution in [-0.2, 0) is 23.9 Å². The molecule has 5 atom stereocenters. The van der Waals surface area contributed by atoms with Crippen molar-refractivity contribution in [3.8, 4) is 0 Å². The summed E-state index contributed by atoms with van der Waals surface area (Å²) in [6.45, 7) is 3.67. The van der Waals surface area contributed by atoms with E-state index in [4.69, 9.17) is 9.47 Å². The SMILES string of the molecule is CC(O)CC(=O)O[C@H](C)[C@H]1C(=O)N2C(C(=O)O)=C([C@H]3CCCO3)S[C@H]12. The number of carbonyl (C=O) groups excluding carboxylic acids is 2. The number of hydrogen-bond donors (Lipinski definition) is 2. The molecule has 0 saturated carbocycles. The third-order valence-corrected chi connectivity index (χ3v) is 5.97. The number of carbonyl (C=O) groups is 3. The fourth-order valence-corrected chi connectivity index (χ4v) is 5.07. The molecule has 3 aliphatic heterocycles. The van der Waals surface area contributed by atoms with E-state index < -0.39 is 35.4 Å². The summed E-state index contributed by atoms with van der Waals surface area (Å²) in [5.41, 5.74) is -0.00865. The molecule has 0 aromatic heterocycles. The third kappa shape index (κ3) is 3.28. The third-order valence-electron chi connectivity index (χ3n) is 4.52. The molecule has 3 heterocycles. The minimum Gasteiger partial charge on any atom is -0.477 e. The van der Waals surface area contributed by atoms with Gasteiger partial charge in [0.15, 0.2) is 0 Å². The van der Waals surface area contributed by atoms with Crippen LogP contribution in [0.3, 0.4) is 0 Å². The number of carboxylic acids is 1. The lowest BCUT2D eigenvalue weighted by atomic mass is 9.91. The highest BCUT2D eigenvalue weighted by atomic mass is 32.2. The highest BCUT2D eigenvalue weighted by molar-refractivity contribution is 8.04. The molecule has 8 nitrogen and oxygen atoms in total. The van der Waals surface area contributed by atoms with Crippen molar-refractivity contribution in [2.45, 2.75) is 56.8 Å². The molecule has 0 spiro atoms. The fraction of sp³-hybridized carbons (Fsp3) is 0.688. The van der Waals surface area contributed by atoms with Gasteiger partial charge in [0.1, 0.15) is 23.1 Å². The Morgan fingerprint density at radius 1 is 1.44 bits per heavy atom. The van der Waals surface area contributed by atoms with Crippen molar-refractivity contribution < 1.29 is 34.1 Å². The highest BCUT2D eigenvalue weighted by Crippen LogP contribution is 2.53. The van der Waals surface area contributed by atoms with Crippen molar-refractivity contribution >= 4 is 29.6 Å². The number of carboxylic acid groups (broad SMARTS) is 1. The van der Waals surface area contributed by atoms with Crippen LogP contribution in [0.1, 0.15) is 33.1 Å². The van der Waals surface area contributed by atoms with Gasteiger partial charge in [-0.25, -0.2) is 4.79 Å². The number of nitrogens with zero attached hydrogens (tertiary/aromatic N) is 1. The van der Waals surface area contributed by atoms with Crippen LogP contribution in [0.25, 0.3) is 0 Å². The Labute approximate surface area is 149 Å². The zero-order valence-corrected chi connectivity index (χ0v) is 14.8. The largest absolute Gasteiger partial charge is 0.477 e. The summed E-state index contributed by atoms with van der Waals surface area (Å²) in [5, 5.41) is 18.4. The maximum absolute atomic E-state index is 12.5. The van der Waals surface area contributed by atoms with Crippen molar-refractivity contribution in [3.63, 3.8) is 0 Å². The van der Waals surface area contributed by atoms with Gasteiger partial charge in [-0.3, -0.25) is 14.5 Å². The molecule has 0 aromatic rings. The van der Waals surface area contributed by atoms with Gasteiger partial charge in [-0.15, -0.1) is 0 Å². The second kappa shape index (κ2) is 6.97. The molecule has 0 bridgehead atoms. The quantitative estimate of drug-likeness (QED) is 0.518. The minimum absolute atomic E-state index is 0.00865. The normalized spacial score (nSPS) is 30.8. The van der Waals surface area contributed by atoms with Crippen LogP contribution in [0.15, 0.2) is 10.6 Å². The molecule has 0 radical (unpaired) electrons. The smallest absolute Gasteiger partial charge is 0.353 e. The summed E-state index contributed by atoms with van der Waals surface area (Å²) in [6, 6.07) is 0. The van der Waals surface area contributed by atoms with Crippen LogP contribution < -0.4 is 0 Å². The maximum atomic E-state index is 12.5. The Kier molecular flexibility index (Phi) is 5.08. The molecule has 138 valence electrons. The number of β-lactam (4-membered cyclic amide) rings is 1. The molecule has 1 amide bonds. The van der Waals surface area contributed by atoms with Crippen LogP contribution >= 0.6 is 11.8 Å².